The average molecular weight is 223 g/mol. The smallest absolute Gasteiger partial charge is 0.00699 e. The van der Waals surface area contributed by atoms with E-state index in [-0.39, 0.29) is 0 Å². The van der Waals surface area contributed by atoms with Gasteiger partial charge in [0.25, 0.3) is 0 Å². The van der Waals surface area contributed by atoms with Gasteiger partial charge in [0.15, 0.2) is 0 Å². The van der Waals surface area contributed by atoms with Crippen molar-refractivity contribution < 1.29 is 0 Å². The van der Waals surface area contributed by atoms with Crippen LogP contribution in [0.3, 0.4) is 0 Å². The second-order valence-electron chi connectivity index (χ2n) is 6.08. The van der Waals surface area contributed by atoms with Crippen LogP contribution in [0.2, 0.25) is 0 Å². The second-order valence-corrected chi connectivity index (χ2v) is 6.08. The highest BCUT2D eigenvalue weighted by Gasteiger charge is 2.34. The van der Waals surface area contributed by atoms with Crippen LogP contribution in [-0.2, 0) is 0 Å². The molecule has 0 radical (unpaired) electrons. The summed E-state index contributed by atoms with van der Waals surface area (Å²) in [6, 6.07) is 0.514. The second kappa shape index (κ2) is 6.05. The molecule has 2 aliphatic carbocycles. The lowest BCUT2D eigenvalue weighted by atomic mass is 9.68. The van der Waals surface area contributed by atoms with Gasteiger partial charge in [0, 0.05) is 6.04 Å². The summed E-state index contributed by atoms with van der Waals surface area (Å²) in [5.41, 5.74) is 6.43. The zero-order valence-corrected chi connectivity index (χ0v) is 11.0. The summed E-state index contributed by atoms with van der Waals surface area (Å²) in [5, 5.41) is 0. The van der Waals surface area contributed by atoms with E-state index in [2.05, 4.69) is 6.92 Å². The maximum absolute atomic E-state index is 6.43. The summed E-state index contributed by atoms with van der Waals surface area (Å²) in [6.07, 6.45) is 14.2. The molecule has 4 atom stereocenters. The SMILES string of the molecule is CCC1CCCCC1C1CCCCCC1N. The molecule has 0 spiro atoms. The molecule has 0 aromatic heterocycles. The summed E-state index contributed by atoms with van der Waals surface area (Å²) >= 11 is 0. The van der Waals surface area contributed by atoms with E-state index in [1.807, 2.05) is 0 Å². The molecule has 0 aliphatic heterocycles. The fourth-order valence-corrected chi connectivity index (χ4v) is 4.20. The third kappa shape index (κ3) is 2.80. The molecule has 0 heterocycles. The molecular formula is C15H29N. The van der Waals surface area contributed by atoms with Crippen LogP contribution in [0, 0.1) is 17.8 Å². The molecule has 4 unspecified atom stereocenters. The monoisotopic (exact) mass is 223 g/mol. The maximum atomic E-state index is 6.43. The highest BCUT2D eigenvalue weighted by molar-refractivity contribution is 4.87. The number of hydrogen-bond donors (Lipinski definition) is 1. The Morgan fingerprint density at radius 3 is 2.25 bits per heavy atom. The van der Waals surface area contributed by atoms with E-state index in [1.54, 1.807) is 0 Å². The van der Waals surface area contributed by atoms with Crippen LogP contribution in [0.15, 0.2) is 0 Å². The molecule has 0 aromatic rings. The molecule has 2 saturated carbocycles. The Bertz CT molecular complexity index is 202. The summed E-state index contributed by atoms with van der Waals surface area (Å²) < 4.78 is 0. The summed E-state index contributed by atoms with van der Waals surface area (Å²) in [7, 11) is 0. The Labute approximate surface area is 101 Å². The van der Waals surface area contributed by atoms with Crippen molar-refractivity contribution in [2.75, 3.05) is 0 Å². The van der Waals surface area contributed by atoms with E-state index >= 15 is 0 Å². The lowest BCUT2D eigenvalue weighted by Gasteiger charge is -2.39. The third-order valence-electron chi connectivity index (χ3n) is 5.17. The minimum Gasteiger partial charge on any atom is -0.327 e. The van der Waals surface area contributed by atoms with E-state index in [1.165, 1.54) is 64.2 Å². The van der Waals surface area contributed by atoms with Gasteiger partial charge in [-0.3, -0.25) is 0 Å². The van der Waals surface area contributed by atoms with Crippen molar-refractivity contribution in [1.29, 1.82) is 0 Å². The van der Waals surface area contributed by atoms with Crippen molar-refractivity contribution in [2.45, 2.75) is 77.2 Å². The van der Waals surface area contributed by atoms with Crippen LogP contribution in [0.5, 0.6) is 0 Å². The number of hydrogen-bond acceptors (Lipinski definition) is 1. The first kappa shape index (κ1) is 12.4. The normalized spacial score (nSPS) is 41.6. The van der Waals surface area contributed by atoms with Crippen LogP contribution in [0.25, 0.3) is 0 Å². The maximum Gasteiger partial charge on any atom is 0.00699 e. The Balaban J connectivity index is 2.01. The van der Waals surface area contributed by atoms with Gasteiger partial charge in [0.2, 0.25) is 0 Å². The van der Waals surface area contributed by atoms with Gasteiger partial charge in [0.05, 0.1) is 0 Å². The molecule has 0 bridgehead atoms. The fourth-order valence-electron chi connectivity index (χ4n) is 4.20. The summed E-state index contributed by atoms with van der Waals surface area (Å²) in [6.45, 7) is 2.38. The third-order valence-corrected chi connectivity index (χ3v) is 5.17. The molecule has 2 fully saturated rings. The molecule has 1 heteroatoms. The van der Waals surface area contributed by atoms with Gasteiger partial charge < -0.3 is 5.73 Å². The molecule has 16 heavy (non-hydrogen) atoms. The molecule has 0 aromatic carbocycles. The summed E-state index contributed by atoms with van der Waals surface area (Å²) in [4.78, 5) is 0. The zero-order valence-electron chi connectivity index (χ0n) is 11.0. The standard InChI is InChI=1S/C15H29N/c1-2-12-8-6-7-9-13(12)14-10-4-3-5-11-15(14)16/h12-15H,2-11,16H2,1H3. The van der Waals surface area contributed by atoms with Gasteiger partial charge in [0.1, 0.15) is 0 Å². The van der Waals surface area contributed by atoms with E-state index in [0.29, 0.717) is 6.04 Å². The van der Waals surface area contributed by atoms with E-state index < -0.39 is 0 Å². The fraction of sp³-hybridized carbons (Fsp3) is 1.00. The van der Waals surface area contributed by atoms with Crippen LogP contribution < -0.4 is 5.73 Å². The molecule has 94 valence electrons. The van der Waals surface area contributed by atoms with Crippen LogP contribution >= 0.6 is 0 Å². The Morgan fingerprint density at radius 1 is 0.812 bits per heavy atom. The average Bonchev–Trinajstić information content (AvgIpc) is 2.54. The van der Waals surface area contributed by atoms with Crippen molar-refractivity contribution >= 4 is 0 Å². The quantitative estimate of drug-likeness (QED) is 0.700. The van der Waals surface area contributed by atoms with E-state index in [0.717, 1.165) is 17.8 Å². The Hall–Kier alpha value is -0.0400. The Morgan fingerprint density at radius 2 is 1.44 bits per heavy atom. The molecule has 2 N–H and O–H groups in total. The van der Waals surface area contributed by atoms with Crippen molar-refractivity contribution in [3.8, 4) is 0 Å². The Kier molecular flexibility index (Phi) is 4.69. The molecule has 2 rings (SSSR count). The summed E-state index contributed by atoms with van der Waals surface area (Å²) in [5.74, 6) is 2.81. The van der Waals surface area contributed by atoms with E-state index in [4.69, 9.17) is 5.73 Å². The van der Waals surface area contributed by atoms with Crippen LogP contribution in [0.1, 0.15) is 71.1 Å². The first-order chi connectivity index (χ1) is 7.83. The van der Waals surface area contributed by atoms with Crippen molar-refractivity contribution in [3.05, 3.63) is 0 Å². The van der Waals surface area contributed by atoms with Gasteiger partial charge in [-0.1, -0.05) is 51.9 Å². The van der Waals surface area contributed by atoms with Crippen molar-refractivity contribution in [3.63, 3.8) is 0 Å². The first-order valence-electron chi connectivity index (χ1n) is 7.58. The minimum absolute atomic E-state index is 0.514. The largest absolute Gasteiger partial charge is 0.327 e. The highest BCUT2D eigenvalue weighted by atomic mass is 14.7. The highest BCUT2D eigenvalue weighted by Crippen LogP contribution is 2.41. The van der Waals surface area contributed by atoms with E-state index in [9.17, 15) is 0 Å². The molecule has 0 saturated heterocycles. The van der Waals surface area contributed by atoms with Crippen molar-refractivity contribution in [2.24, 2.45) is 23.5 Å². The molecule has 1 nitrogen and oxygen atoms in total. The van der Waals surface area contributed by atoms with Crippen LogP contribution in [0.4, 0.5) is 0 Å². The van der Waals surface area contributed by atoms with Gasteiger partial charge in [-0.15, -0.1) is 0 Å². The topological polar surface area (TPSA) is 26.0 Å². The predicted molar refractivity (Wildman–Crippen MR) is 70.3 cm³/mol. The van der Waals surface area contributed by atoms with Gasteiger partial charge in [-0.05, 0) is 37.0 Å². The van der Waals surface area contributed by atoms with Gasteiger partial charge in [-0.25, -0.2) is 0 Å². The predicted octanol–water partition coefficient (Wildman–Crippen LogP) is 4.11. The number of rotatable bonds is 2. The molecular weight excluding hydrogens is 194 g/mol. The lowest BCUT2D eigenvalue weighted by Crippen LogP contribution is -2.38. The molecule has 2 aliphatic rings. The van der Waals surface area contributed by atoms with Crippen molar-refractivity contribution in [1.82, 2.24) is 0 Å². The zero-order chi connectivity index (χ0) is 11.4. The van der Waals surface area contributed by atoms with Gasteiger partial charge in [-0.2, -0.15) is 0 Å². The number of nitrogens with two attached hydrogens (primary N) is 1. The van der Waals surface area contributed by atoms with Gasteiger partial charge >= 0.3 is 0 Å². The first-order valence-corrected chi connectivity index (χ1v) is 7.58. The van der Waals surface area contributed by atoms with Crippen LogP contribution in [-0.4, -0.2) is 6.04 Å². The lowest BCUT2D eigenvalue weighted by molar-refractivity contribution is 0.130. The molecule has 0 amide bonds. The minimum atomic E-state index is 0.514.